The predicted molar refractivity (Wildman–Crippen MR) is 155 cm³/mol. The van der Waals surface area contributed by atoms with E-state index in [1.54, 1.807) is 0 Å². The summed E-state index contributed by atoms with van der Waals surface area (Å²) in [4.78, 5) is 14.9. The number of aliphatic imine (C=N–C) groups is 2. The number of benzene rings is 2. The van der Waals surface area contributed by atoms with E-state index in [1.807, 2.05) is 56.3 Å². The van der Waals surface area contributed by atoms with Crippen molar-refractivity contribution in [2.24, 2.45) is 9.98 Å². The minimum atomic E-state index is 0.382. The van der Waals surface area contributed by atoms with Crippen molar-refractivity contribution in [1.29, 1.82) is 0 Å². The minimum absolute atomic E-state index is 0.382. The molecule has 0 amide bonds. The van der Waals surface area contributed by atoms with Crippen molar-refractivity contribution in [2.45, 2.75) is 59.8 Å². The van der Waals surface area contributed by atoms with Crippen molar-refractivity contribution < 1.29 is 12.9 Å². The van der Waals surface area contributed by atoms with Gasteiger partial charge in [0.15, 0.2) is 0 Å². The summed E-state index contributed by atoms with van der Waals surface area (Å²) in [5.41, 5.74) is 9.26. The van der Waals surface area contributed by atoms with Gasteiger partial charge in [-0.05, 0) is 67.0 Å². The third kappa shape index (κ3) is 8.41. The Bertz CT molecular complexity index is 1190. The number of aromatic nitrogens is 1. The van der Waals surface area contributed by atoms with Gasteiger partial charge in [0.05, 0.1) is 34.2 Å². The maximum atomic E-state index is 5.10. The molecule has 0 atom stereocenters. The summed E-state index contributed by atoms with van der Waals surface area (Å²) in [6.07, 6.45) is 2.70. The van der Waals surface area contributed by atoms with Gasteiger partial charge in [0, 0.05) is 0 Å². The molecular weight excluding hydrogens is 532 g/mol. The van der Waals surface area contributed by atoms with E-state index in [9.17, 15) is 0 Å². The van der Waals surface area contributed by atoms with Gasteiger partial charge in [-0.3, -0.25) is 9.98 Å². The normalized spacial score (nSPS) is 12.1. The van der Waals surface area contributed by atoms with Crippen molar-refractivity contribution >= 4 is 43.1 Å². The number of pyridine rings is 1. The summed E-state index contributed by atoms with van der Waals surface area (Å²) in [6.45, 7) is 16.8. The first-order valence-corrected chi connectivity index (χ1v) is 14.8. The van der Waals surface area contributed by atoms with Crippen LogP contribution in [-0.2, 0) is 19.3 Å². The number of halogens is 2. The molecule has 0 aliphatic rings. The molecule has 6 heteroatoms. The van der Waals surface area contributed by atoms with Crippen LogP contribution >= 0.6 is 20.3 Å². The summed E-state index contributed by atoms with van der Waals surface area (Å²) in [6, 6.07) is 20.7. The molecule has 3 rings (SSSR count). The molecule has 3 aromatic rings. The standard InChI is InChI=1S/C30H35N3.2ClH.Co/c1-8-13-24-14-9-10-17-29(24)31-22(6)27-18-12-19-28(33-27)23(7)32-30-25(20(2)3)15-11-16-26(30)21(4)5;;;/h8-12,14-21H,1,13H2,2-7H3;2*1H;/q;;;+2/p-2. The van der Waals surface area contributed by atoms with Crippen LogP contribution in [0.4, 0.5) is 11.4 Å². The average Bonchev–Trinajstić information content (AvgIpc) is 2.85. The van der Waals surface area contributed by atoms with Gasteiger partial charge < -0.3 is 0 Å². The third-order valence-electron chi connectivity index (χ3n) is 5.76. The molecule has 36 heavy (non-hydrogen) atoms. The molecule has 0 spiro atoms. The zero-order valence-electron chi connectivity index (χ0n) is 21.9. The van der Waals surface area contributed by atoms with Crippen LogP contribution < -0.4 is 0 Å². The Morgan fingerprint density at radius 2 is 1.33 bits per heavy atom. The molecule has 0 aliphatic heterocycles. The van der Waals surface area contributed by atoms with Crippen molar-refractivity contribution in [3.05, 3.63) is 101 Å². The number of hydrogen-bond donors (Lipinski definition) is 0. The van der Waals surface area contributed by atoms with Crippen molar-refractivity contribution in [1.82, 2.24) is 4.98 Å². The third-order valence-corrected chi connectivity index (χ3v) is 5.76. The topological polar surface area (TPSA) is 37.6 Å². The van der Waals surface area contributed by atoms with Gasteiger partial charge in [-0.1, -0.05) is 76.2 Å². The molecule has 1 heterocycles. The molecule has 0 saturated carbocycles. The number of allylic oxidation sites excluding steroid dienone is 1. The number of para-hydroxylation sites is 2. The van der Waals surface area contributed by atoms with E-state index in [0.717, 1.165) is 46.2 Å². The van der Waals surface area contributed by atoms with Crippen LogP contribution in [0.2, 0.25) is 0 Å². The van der Waals surface area contributed by atoms with E-state index in [1.165, 1.54) is 11.1 Å². The van der Waals surface area contributed by atoms with Crippen LogP contribution in [0.3, 0.4) is 0 Å². The molecule has 0 bridgehead atoms. The molecule has 193 valence electrons. The first kappa shape index (κ1) is 30.0. The van der Waals surface area contributed by atoms with Gasteiger partial charge in [-0.25, -0.2) is 4.98 Å². The number of rotatable bonds is 8. The Morgan fingerprint density at radius 3 is 1.86 bits per heavy atom. The second kappa shape index (κ2) is 15.1. The van der Waals surface area contributed by atoms with E-state index < -0.39 is 0 Å². The molecule has 0 aliphatic carbocycles. The fraction of sp³-hybridized carbons (Fsp3) is 0.300. The fourth-order valence-corrected chi connectivity index (χ4v) is 3.89. The second-order valence-corrected chi connectivity index (χ2v) is 10.8. The first-order chi connectivity index (χ1) is 17.2. The number of nitrogens with zero attached hydrogens (tertiary/aromatic N) is 3. The van der Waals surface area contributed by atoms with Crippen LogP contribution in [0.25, 0.3) is 0 Å². The maximum absolute atomic E-state index is 5.10. The first-order valence-electron chi connectivity index (χ1n) is 12.0. The quantitative estimate of drug-likeness (QED) is 0.197. The molecule has 0 fully saturated rings. The molecule has 0 N–H and O–H groups in total. The van der Waals surface area contributed by atoms with Crippen LogP contribution in [0.1, 0.15) is 81.5 Å². The summed E-state index contributed by atoms with van der Waals surface area (Å²) in [5, 5.41) is 0. The molecule has 1 aromatic heterocycles. The van der Waals surface area contributed by atoms with E-state index >= 15 is 0 Å². The zero-order valence-corrected chi connectivity index (χ0v) is 24.4. The van der Waals surface area contributed by atoms with Crippen molar-refractivity contribution in [2.75, 3.05) is 0 Å². The van der Waals surface area contributed by atoms with Crippen LogP contribution in [-0.4, -0.2) is 16.4 Å². The van der Waals surface area contributed by atoms with E-state index in [4.69, 9.17) is 35.3 Å². The second-order valence-electron chi connectivity index (χ2n) is 9.07. The van der Waals surface area contributed by atoms with Crippen LogP contribution in [0.5, 0.6) is 0 Å². The van der Waals surface area contributed by atoms with Gasteiger partial charge in [0.25, 0.3) is 0 Å². The van der Waals surface area contributed by atoms with Gasteiger partial charge in [-0.15, -0.1) is 6.58 Å². The Morgan fingerprint density at radius 1 is 0.833 bits per heavy atom. The van der Waals surface area contributed by atoms with E-state index in [0.29, 0.717) is 24.7 Å². The molecule has 2 aromatic carbocycles. The van der Waals surface area contributed by atoms with Crippen LogP contribution in [0, 0.1) is 0 Å². The molecule has 0 radical (unpaired) electrons. The summed E-state index contributed by atoms with van der Waals surface area (Å²) in [7, 11) is 9.47. The predicted octanol–water partition coefficient (Wildman–Crippen LogP) is 9.71. The van der Waals surface area contributed by atoms with Gasteiger partial charge in [0.2, 0.25) is 0 Å². The fourth-order valence-electron chi connectivity index (χ4n) is 3.89. The van der Waals surface area contributed by atoms with Gasteiger partial charge in [-0.2, -0.15) is 0 Å². The van der Waals surface area contributed by atoms with Crippen molar-refractivity contribution in [3.8, 4) is 0 Å². The van der Waals surface area contributed by atoms with E-state index in [2.05, 4.69) is 58.5 Å². The monoisotopic (exact) mass is 566 g/mol. The molecular formula is C30H35Cl2CoN3. The summed E-state index contributed by atoms with van der Waals surface area (Å²) in [5.74, 6) is 0.805. The average molecular weight is 567 g/mol. The Balaban J connectivity index is 0.00000145. The van der Waals surface area contributed by atoms with Crippen LogP contribution in [0.15, 0.2) is 83.3 Å². The Kier molecular flexibility index (Phi) is 12.6. The number of hydrogen-bond acceptors (Lipinski definition) is 3. The summed E-state index contributed by atoms with van der Waals surface area (Å²) < 4.78 is 0. The summed E-state index contributed by atoms with van der Waals surface area (Å²) >= 11 is 0.382. The molecule has 0 saturated heterocycles. The SMILES string of the molecule is C=CCc1ccccc1N=C(C)c1cccc(C(C)=Nc2c(C(C)C)cccc2C(C)C)n1.[Cl][Co][Cl]. The Hall–Kier alpha value is -2.24. The van der Waals surface area contributed by atoms with Gasteiger partial charge >= 0.3 is 33.2 Å². The zero-order chi connectivity index (χ0) is 26.7. The molecule has 0 unspecified atom stereocenters. The molecule has 3 nitrogen and oxygen atoms in total. The van der Waals surface area contributed by atoms with Gasteiger partial charge in [0.1, 0.15) is 0 Å². The van der Waals surface area contributed by atoms with Crippen molar-refractivity contribution in [3.63, 3.8) is 0 Å². The van der Waals surface area contributed by atoms with E-state index in [-0.39, 0.29) is 0 Å². The Labute approximate surface area is 231 Å².